The summed E-state index contributed by atoms with van der Waals surface area (Å²) in [6, 6.07) is 13.1. The molecule has 2 aromatic carbocycles. The third-order valence-corrected chi connectivity index (χ3v) is 8.22. The number of rotatable bonds is 7. The van der Waals surface area contributed by atoms with E-state index in [9.17, 15) is 13.2 Å². The Bertz CT molecular complexity index is 1290. The fraction of sp³-hybridized carbons (Fsp3) is 0.385. The summed E-state index contributed by atoms with van der Waals surface area (Å²) in [7, 11) is -0.260. The van der Waals surface area contributed by atoms with Gasteiger partial charge in [0.15, 0.2) is 0 Å². The van der Waals surface area contributed by atoms with Gasteiger partial charge < -0.3 is 14.6 Å². The Kier molecular flexibility index (Phi) is 7.28. The molecule has 0 saturated carbocycles. The van der Waals surface area contributed by atoms with Crippen LogP contribution in [0.2, 0.25) is 0 Å². The number of ether oxygens (including phenoxy) is 1. The third-order valence-electron chi connectivity index (χ3n) is 6.39. The number of nitrogens with zero attached hydrogens (tertiary/aromatic N) is 3. The lowest BCUT2D eigenvalue weighted by molar-refractivity contribution is 0.0941. The van der Waals surface area contributed by atoms with Crippen LogP contribution in [-0.2, 0) is 17.1 Å². The zero-order chi connectivity index (χ0) is 25.2. The van der Waals surface area contributed by atoms with Crippen LogP contribution in [0.25, 0.3) is 0 Å². The van der Waals surface area contributed by atoms with Crippen LogP contribution in [0, 0.1) is 11.8 Å². The molecule has 1 saturated heterocycles. The minimum Gasteiger partial charge on any atom is -0.497 e. The van der Waals surface area contributed by atoms with Crippen molar-refractivity contribution in [3.63, 3.8) is 0 Å². The van der Waals surface area contributed by atoms with Crippen LogP contribution in [0.15, 0.2) is 65.8 Å². The number of carbonyl (C=O) groups is 1. The van der Waals surface area contributed by atoms with E-state index >= 15 is 0 Å². The molecule has 1 N–H and O–H groups in total. The van der Waals surface area contributed by atoms with Crippen molar-refractivity contribution in [2.45, 2.75) is 31.2 Å². The van der Waals surface area contributed by atoms with Gasteiger partial charge in [0.1, 0.15) is 17.6 Å². The Morgan fingerprint density at radius 2 is 1.83 bits per heavy atom. The third kappa shape index (κ3) is 5.41. The second-order valence-electron chi connectivity index (χ2n) is 9.38. The predicted octanol–water partition coefficient (Wildman–Crippen LogP) is 3.61. The van der Waals surface area contributed by atoms with Gasteiger partial charge in [-0.1, -0.05) is 32.0 Å². The molecule has 1 fully saturated rings. The van der Waals surface area contributed by atoms with Crippen LogP contribution in [0.4, 0.5) is 0 Å². The average Bonchev–Trinajstić information content (AvgIpc) is 3.27. The maximum atomic E-state index is 13.4. The Labute approximate surface area is 207 Å². The minimum atomic E-state index is -3.70. The van der Waals surface area contributed by atoms with Crippen molar-refractivity contribution in [1.82, 2.24) is 19.2 Å². The second-order valence-corrected chi connectivity index (χ2v) is 11.3. The smallest absolute Gasteiger partial charge is 0.252 e. The number of imidazole rings is 1. The molecule has 0 unspecified atom stereocenters. The molecule has 1 aliphatic rings. The van der Waals surface area contributed by atoms with Crippen LogP contribution in [0.3, 0.4) is 0 Å². The van der Waals surface area contributed by atoms with Crippen molar-refractivity contribution in [2.75, 3.05) is 20.2 Å². The molecular formula is C26H32N4O4S. The summed E-state index contributed by atoms with van der Waals surface area (Å²) in [6.07, 6.45) is 4.48. The fourth-order valence-corrected chi connectivity index (χ4v) is 6.46. The molecule has 1 aliphatic heterocycles. The molecule has 9 heteroatoms. The number of hydrogen-bond donors (Lipinski definition) is 1. The predicted molar refractivity (Wildman–Crippen MR) is 134 cm³/mol. The first kappa shape index (κ1) is 24.9. The van der Waals surface area contributed by atoms with Gasteiger partial charge in [-0.05, 0) is 54.2 Å². The highest BCUT2D eigenvalue weighted by atomic mass is 32.2. The van der Waals surface area contributed by atoms with Crippen molar-refractivity contribution in [2.24, 2.45) is 18.9 Å². The molecule has 3 aromatic rings. The number of aryl methyl sites for hydroxylation is 1. The Hall–Kier alpha value is -3.17. The van der Waals surface area contributed by atoms with Crippen LogP contribution in [0.1, 0.15) is 48.1 Å². The molecule has 1 aromatic heterocycles. The van der Waals surface area contributed by atoms with Crippen molar-refractivity contribution >= 4 is 15.9 Å². The van der Waals surface area contributed by atoms with Crippen LogP contribution in [0.5, 0.6) is 5.75 Å². The lowest BCUT2D eigenvalue weighted by atomic mass is 9.94. The van der Waals surface area contributed by atoms with E-state index in [1.54, 1.807) is 31.5 Å². The first-order valence-corrected chi connectivity index (χ1v) is 13.1. The number of aromatic nitrogens is 2. The Morgan fingerprint density at radius 1 is 1.11 bits per heavy atom. The molecule has 8 nitrogen and oxygen atoms in total. The number of piperidine rings is 1. The number of benzene rings is 2. The average molecular weight is 497 g/mol. The van der Waals surface area contributed by atoms with Crippen molar-refractivity contribution in [3.05, 3.63) is 77.9 Å². The standard InChI is InChI=1S/C26H32N4O4S/c1-18-13-19(2)17-30(16-18)35(32,33)23-10-6-8-21(15-23)26(31)28-24(25-27-11-12-29(25)3)20-7-5-9-22(14-20)34-4/h5-12,14-15,18-19,24H,13,16-17H2,1-4H3,(H,28,31)/t18-,19+,24-/m0/s1. The summed E-state index contributed by atoms with van der Waals surface area (Å²) in [6.45, 7) is 5.11. The summed E-state index contributed by atoms with van der Waals surface area (Å²) >= 11 is 0. The van der Waals surface area contributed by atoms with Gasteiger partial charge >= 0.3 is 0 Å². The molecule has 35 heavy (non-hydrogen) atoms. The maximum absolute atomic E-state index is 13.4. The van der Waals surface area contributed by atoms with Gasteiger partial charge in [0.25, 0.3) is 5.91 Å². The quantitative estimate of drug-likeness (QED) is 0.539. The maximum Gasteiger partial charge on any atom is 0.252 e. The molecule has 186 valence electrons. The molecule has 4 rings (SSSR count). The van der Waals surface area contributed by atoms with E-state index in [-0.39, 0.29) is 10.5 Å². The second kappa shape index (κ2) is 10.2. The van der Waals surface area contributed by atoms with Gasteiger partial charge in [0, 0.05) is 38.1 Å². The van der Waals surface area contributed by atoms with Gasteiger partial charge in [0.2, 0.25) is 10.0 Å². The number of hydrogen-bond acceptors (Lipinski definition) is 5. The zero-order valence-electron chi connectivity index (χ0n) is 20.5. The number of methoxy groups -OCH3 is 1. The largest absolute Gasteiger partial charge is 0.497 e. The van der Waals surface area contributed by atoms with E-state index in [2.05, 4.69) is 24.1 Å². The highest BCUT2D eigenvalue weighted by Gasteiger charge is 2.32. The molecule has 0 radical (unpaired) electrons. The van der Waals surface area contributed by atoms with Gasteiger partial charge in [-0.3, -0.25) is 4.79 Å². The molecule has 0 spiro atoms. The number of carbonyl (C=O) groups excluding carboxylic acids is 1. The molecule has 0 aliphatic carbocycles. The number of nitrogens with one attached hydrogen (secondary N) is 1. The van der Waals surface area contributed by atoms with E-state index in [1.165, 1.54) is 10.4 Å². The zero-order valence-corrected chi connectivity index (χ0v) is 21.3. The van der Waals surface area contributed by atoms with Crippen LogP contribution in [-0.4, -0.2) is 48.4 Å². The Morgan fingerprint density at radius 3 is 2.49 bits per heavy atom. The van der Waals surface area contributed by atoms with E-state index < -0.39 is 22.0 Å². The SMILES string of the molecule is COc1cccc([C@H](NC(=O)c2cccc(S(=O)(=O)N3C[C@H](C)C[C@H](C)C3)c2)c2nccn2C)c1. The fourth-order valence-electron chi connectivity index (χ4n) is 4.74. The summed E-state index contributed by atoms with van der Waals surface area (Å²) < 4.78 is 35.5. The summed E-state index contributed by atoms with van der Waals surface area (Å²) in [5, 5.41) is 3.03. The lowest BCUT2D eigenvalue weighted by Gasteiger charge is -2.34. The molecule has 2 heterocycles. The minimum absolute atomic E-state index is 0.126. The molecule has 1 amide bonds. The Balaban J connectivity index is 1.63. The monoisotopic (exact) mass is 496 g/mol. The van der Waals surface area contributed by atoms with E-state index in [0.717, 1.165) is 12.0 Å². The van der Waals surface area contributed by atoms with E-state index in [4.69, 9.17) is 4.74 Å². The first-order valence-electron chi connectivity index (χ1n) is 11.7. The first-order chi connectivity index (χ1) is 16.7. The molecule has 0 bridgehead atoms. The van der Waals surface area contributed by atoms with E-state index in [1.807, 2.05) is 42.1 Å². The van der Waals surface area contributed by atoms with Crippen molar-refractivity contribution < 1.29 is 17.9 Å². The van der Waals surface area contributed by atoms with Crippen molar-refractivity contribution in [3.8, 4) is 5.75 Å². The van der Waals surface area contributed by atoms with Crippen molar-refractivity contribution in [1.29, 1.82) is 0 Å². The van der Waals surface area contributed by atoms with Gasteiger partial charge in [-0.25, -0.2) is 13.4 Å². The number of amides is 1. The normalized spacial score (nSPS) is 19.8. The van der Waals surface area contributed by atoms with Crippen LogP contribution >= 0.6 is 0 Å². The highest BCUT2D eigenvalue weighted by molar-refractivity contribution is 7.89. The topological polar surface area (TPSA) is 93.5 Å². The molecule has 3 atom stereocenters. The summed E-state index contributed by atoms with van der Waals surface area (Å²) in [5.74, 6) is 1.50. The van der Waals surface area contributed by atoms with Gasteiger partial charge in [-0.2, -0.15) is 4.31 Å². The summed E-state index contributed by atoms with van der Waals surface area (Å²) in [5.41, 5.74) is 1.07. The van der Waals surface area contributed by atoms with Gasteiger partial charge in [0.05, 0.1) is 12.0 Å². The van der Waals surface area contributed by atoms with Crippen LogP contribution < -0.4 is 10.1 Å². The highest BCUT2D eigenvalue weighted by Crippen LogP contribution is 2.28. The molecular weight excluding hydrogens is 464 g/mol. The number of sulfonamides is 1. The van der Waals surface area contributed by atoms with E-state index in [0.29, 0.717) is 36.5 Å². The summed E-state index contributed by atoms with van der Waals surface area (Å²) in [4.78, 5) is 17.9. The lowest BCUT2D eigenvalue weighted by Crippen LogP contribution is -2.42. The van der Waals surface area contributed by atoms with Gasteiger partial charge in [-0.15, -0.1) is 0 Å².